The van der Waals surface area contributed by atoms with Crippen molar-refractivity contribution >= 4 is 5.91 Å². The van der Waals surface area contributed by atoms with E-state index in [1.807, 2.05) is 10.6 Å². The Kier molecular flexibility index (Phi) is 5.40. The molecule has 1 heterocycles. The van der Waals surface area contributed by atoms with Gasteiger partial charge in [-0.05, 0) is 24.3 Å². The Balaban J connectivity index is 1.54. The summed E-state index contributed by atoms with van der Waals surface area (Å²) in [6, 6.07) is 10.6. The largest absolute Gasteiger partial charge is 0.355 e. The van der Waals surface area contributed by atoms with Crippen LogP contribution in [0.2, 0.25) is 0 Å². The molecule has 1 aromatic carbocycles. The first-order chi connectivity index (χ1) is 11.3. The lowest BCUT2D eigenvalue weighted by Gasteiger charge is -2.24. The predicted molar refractivity (Wildman–Crippen MR) is 88.8 cm³/mol. The summed E-state index contributed by atoms with van der Waals surface area (Å²) < 4.78 is 1.82. The zero-order chi connectivity index (χ0) is 15.9. The molecule has 1 aromatic heterocycles. The Morgan fingerprint density at radius 2 is 1.87 bits per heavy atom. The molecule has 23 heavy (non-hydrogen) atoms. The van der Waals surface area contributed by atoms with Crippen molar-refractivity contribution in [2.24, 2.45) is 5.92 Å². The van der Waals surface area contributed by atoms with Crippen LogP contribution < -0.4 is 5.32 Å². The molecule has 3 rings (SSSR count). The Hall–Kier alpha value is -2.17. The maximum Gasteiger partial charge on any atom is 0.221 e. The molecule has 1 saturated carbocycles. The minimum Gasteiger partial charge on any atom is -0.355 e. The molecule has 0 radical (unpaired) electrons. The molecular formula is C18H24N4O. The highest BCUT2D eigenvalue weighted by Gasteiger charge is 2.26. The predicted octanol–water partition coefficient (Wildman–Crippen LogP) is 2.76. The second-order valence-corrected chi connectivity index (χ2v) is 6.32. The number of aryl methyl sites for hydroxylation is 1. The maximum absolute atomic E-state index is 12.1. The fraction of sp³-hybridized carbons (Fsp3) is 0.500. The Morgan fingerprint density at radius 3 is 2.57 bits per heavy atom. The van der Waals surface area contributed by atoms with E-state index in [0.717, 1.165) is 6.54 Å². The number of hydrogen-bond acceptors (Lipinski definition) is 3. The first-order valence-corrected chi connectivity index (χ1v) is 8.47. The molecular weight excluding hydrogens is 288 g/mol. The van der Waals surface area contributed by atoms with Crippen LogP contribution in [-0.4, -0.2) is 27.2 Å². The highest BCUT2D eigenvalue weighted by molar-refractivity contribution is 5.75. The van der Waals surface area contributed by atoms with Crippen molar-refractivity contribution in [2.75, 3.05) is 6.54 Å². The number of carbonyl (C=O) groups is 1. The molecule has 1 fully saturated rings. The zero-order valence-corrected chi connectivity index (χ0v) is 13.4. The van der Waals surface area contributed by atoms with Gasteiger partial charge < -0.3 is 9.88 Å². The molecule has 0 bridgehead atoms. The molecule has 122 valence electrons. The van der Waals surface area contributed by atoms with Gasteiger partial charge in [0.1, 0.15) is 12.7 Å². The minimum absolute atomic E-state index is 0.0950. The molecule has 5 nitrogen and oxygen atoms in total. The highest BCUT2D eigenvalue weighted by Crippen LogP contribution is 2.36. The smallest absolute Gasteiger partial charge is 0.221 e. The van der Waals surface area contributed by atoms with Crippen LogP contribution in [-0.2, 0) is 11.3 Å². The molecule has 5 heteroatoms. The van der Waals surface area contributed by atoms with Gasteiger partial charge in [0.2, 0.25) is 5.91 Å². The number of aromatic nitrogens is 3. The van der Waals surface area contributed by atoms with Crippen LogP contribution in [0.4, 0.5) is 0 Å². The molecule has 1 amide bonds. The van der Waals surface area contributed by atoms with Crippen LogP contribution in [0.25, 0.3) is 0 Å². The molecule has 1 atom stereocenters. The summed E-state index contributed by atoms with van der Waals surface area (Å²) in [5, 5.41) is 10.6. The van der Waals surface area contributed by atoms with Crippen LogP contribution in [0.5, 0.6) is 0 Å². The van der Waals surface area contributed by atoms with E-state index in [-0.39, 0.29) is 5.91 Å². The summed E-state index contributed by atoms with van der Waals surface area (Å²) in [4.78, 5) is 12.1. The summed E-state index contributed by atoms with van der Waals surface area (Å²) in [6.45, 7) is 1.36. The van der Waals surface area contributed by atoms with Crippen molar-refractivity contribution < 1.29 is 4.79 Å². The van der Waals surface area contributed by atoms with E-state index in [1.54, 1.807) is 12.7 Å². The van der Waals surface area contributed by atoms with Crippen molar-refractivity contribution in [3.8, 4) is 0 Å². The highest BCUT2D eigenvalue weighted by atomic mass is 16.1. The van der Waals surface area contributed by atoms with Crippen LogP contribution in [0.1, 0.15) is 43.6 Å². The van der Waals surface area contributed by atoms with E-state index in [0.29, 0.717) is 24.8 Å². The monoisotopic (exact) mass is 312 g/mol. The van der Waals surface area contributed by atoms with Gasteiger partial charge in [-0.2, -0.15) is 0 Å². The third-order valence-corrected chi connectivity index (χ3v) is 4.78. The van der Waals surface area contributed by atoms with E-state index in [9.17, 15) is 4.79 Å². The first-order valence-electron chi connectivity index (χ1n) is 8.47. The quantitative estimate of drug-likeness (QED) is 0.855. The van der Waals surface area contributed by atoms with Crippen LogP contribution >= 0.6 is 0 Å². The fourth-order valence-corrected chi connectivity index (χ4v) is 3.50. The van der Waals surface area contributed by atoms with E-state index >= 15 is 0 Å². The molecule has 0 spiro atoms. The summed E-state index contributed by atoms with van der Waals surface area (Å²) in [6.07, 6.45) is 8.92. The number of nitrogens with one attached hydrogen (secondary N) is 1. The van der Waals surface area contributed by atoms with Gasteiger partial charge in [-0.25, -0.2) is 0 Å². The first kappa shape index (κ1) is 15.7. The van der Waals surface area contributed by atoms with E-state index in [2.05, 4.69) is 39.8 Å². The lowest BCUT2D eigenvalue weighted by molar-refractivity contribution is -0.121. The number of amides is 1. The van der Waals surface area contributed by atoms with Gasteiger partial charge in [0.15, 0.2) is 0 Å². The zero-order valence-electron chi connectivity index (χ0n) is 13.4. The van der Waals surface area contributed by atoms with Gasteiger partial charge >= 0.3 is 0 Å². The number of hydrogen-bond donors (Lipinski definition) is 1. The Labute approximate surface area is 137 Å². The van der Waals surface area contributed by atoms with Gasteiger partial charge in [0.25, 0.3) is 0 Å². The fourth-order valence-electron chi connectivity index (χ4n) is 3.50. The SMILES string of the molecule is O=C(CCn1cnnc1)NC[C@H](c1ccccc1)C1CCCC1. The molecule has 0 saturated heterocycles. The third-order valence-electron chi connectivity index (χ3n) is 4.78. The second kappa shape index (κ2) is 7.90. The maximum atomic E-state index is 12.1. The van der Waals surface area contributed by atoms with Crippen molar-refractivity contribution in [3.63, 3.8) is 0 Å². The van der Waals surface area contributed by atoms with E-state index in [4.69, 9.17) is 0 Å². The lowest BCUT2D eigenvalue weighted by Crippen LogP contribution is -2.31. The summed E-state index contributed by atoms with van der Waals surface area (Å²) in [7, 11) is 0. The molecule has 0 aliphatic heterocycles. The number of benzene rings is 1. The van der Waals surface area contributed by atoms with E-state index in [1.165, 1.54) is 31.2 Å². The van der Waals surface area contributed by atoms with Crippen LogP contribution in [0.15, 0.2) is 43.0 Å². The second-order valence-electron chi connectivity index (χ2n) is 6.32. The van der Waals surface area contributed by atoms with Crippen molar-refractivity contribution in [1.29, 1.82) is 0 Å². The summed E-state index contributed by atoms with van der Waals surface area (Å²) >= 11 is 0. The van der Waals surface area contributed by atoms with Crippen LogP contribution in [0, 0.1) is 5.92 Å². The Bertz CT molecular complexity index is 591. The Morgan fingerprint density at radius 1 is 1.17 bits per heavy atom. The summed E-state index contributed by atoms with van der Waals surface area (Å²) in [5.41, 5.74) is 1.35. The van der Waals surface area contributed by atoms with Crippen molar-refractivity contribution in [1.82, 2.24) is 20.1 Å². The van der Waals surface area contributed by atoms with Crippen molar-refractivity contribution in [3.05, 3.63) is 48.5 Å². The van der Waals surface area contributed by atoms with Gasteiger partial charge in [0, 0.05) is 25.4 Å². The standard InChI is InChI=1S/C18H24N4O/c23-18(10-11-22-13-20-21-14-22)19-12-17(16-8-4-5-9-16)15-6-2-1-3-7-15/h1-3,6-7,13-14,16-17H,4-5,8-12H2,(H,19,23)/t17-/m1/s1. The van der Waals surface area contributed by atoms with Gasteiger partial charge in [-0.1, -0.05) is 43.2 Å². The molecule has 1 aliphatic carbocycles. The normalized spacial score (nSPS) is 16.3. The average Bonchev–Trinajstić information content (AvgIpc) is 3.28. The average molecular weight is 312 g/mol. The van der Waals surface area contributed by atoms with Gasteiger partial charge in [0.05, 0.1) is 0 Å². The number of carbonyl (C=O) groups excluding carboxylic acids is 1. The molecule has 1 aliphatic rings. The van der Waals surface area contributed by atoms with Crippen LogP contribution in [0.3, 0.4) is 0 Å². The molecule has 2 aromatic rings. The minimum atomic E-state index is 0.0950. The topological polar surface area (TPSA) is 59.8 Å². The number of nitrogens with zero attached hydrogens (tertiary/aromatic N) is 3. The van der Waals surface area contributed by atoms with Gasteiger partial charge in [-0.3, -0.25) is 4.79 Å². The molecule has 1 N–H and O–H groups in total. The van der Waals surface area contributed by atoms with Gasteiger partial charge in [-0.15, -0.1) is 10.2 Å². The summed E-state index contributed by atoms with van der Waals surface area (Å²) in [5.74, 6) is 1.21. The third kappa shape index (κ3) is 4.41. The lowest BCUT2D eigenvalue weighted by atomic mass is 9.85. The van der Waals surface area contributed by atoms with E-state index < -0.39 is 0 Å². The van der Waals surface area contributed by atoms with Crippen molar-refractivity contribution in [2.45, 2.75) is 44.6 Å². The molecule has 0 unspecified atom stereocenters. The number of rotatable bonds is 7.